The van der Waals surface area contributed by atoms with Gasteiger partial charge in [0.25, 0.3) is 5.91 Å². The highest BCUT2D eigenvalue weighted by Gasteiger charge is 2.23. The van der Waals surface area contributed by atoms with E-state index >= 15 is 0 Å². The van der Waals surface area contributed by atoms with Crippen molar-refractivity contribution < 1.29 is 14.3 Å². The number of hydrogen-bond acceptors (Lipinski definition) is 5. The first kappa shape index (κ1) is 22.9. The van der Waals surface area contributed by atoms with E-state index in [-0.39, 0.29) is 12.5 Å². The normalized spacial score (nSPS) is 14.3. The number of fused-ring (bicyclic) bond motifs is 1. The fourth-order valence-electron chi connectivity index (χ4n) is 4.45. The molecule has 4 aromatic rings. The van der Waals surface area contributed by atoms with E-state index in [0.29, 0.717) is 18.8 Å². The van der Waals surface area contributed by atoms with Crippen LogP contribution in [0.1, 0.15) is 11.4 Å². The average molecular weight is 471 g/mol. The number of carbonyl (C=O) groups excluding carboxylic acids is 1. The Morgan fingerprint density at radius 3 is 2.26 bits per heavy atom. The first-order valence-corrected chi connectivity index (χ1v) is 11.9. The number of ether oxygens (including phenoxy) is 2. The minimum Gasteiger partial charge on any atom is -0.497 e. The minimum atomic E-state index is 0.0109. The molecule has 3 aromatic carbocycles. The number of para-hydroxylation sites is 2. The topological polar surface area (TPSA) is 59.8 Å². The van der Waals surface area contributed by atoms with Crippen LogP contribution in [0.15, 0.2) is 78.9 Å². The first-order chi connectivity index (χ1) is 17.2. The van der Waals surface area contributed by atoms with E-state index in [2.05, 4.69) is 51.9 Å². The van der Waals surface area contributed by atoms with Gasteiger partial charge in [-0.1, -0.05) is 42.5 Å². The van der Waals surface area contributed by atoms with Gasteiger partial charge in [0.05, 0.1) is 24.7 Å². The summed E-state index contributed by atoms with van der Waals surface area (Å²) in [6.07, 6.45) is 0. The molecule has 0 aliphatic carbocycles. The highest BCUT2D eigenvalue weighted by atomic mass is 16.5. The lowest BCUT2D eigenvalue weighted by Crippen LogP contribution is -2.49. The van der Waals surface area contributed by atoms with Crippen molar-refractivity contribution in [3.63, 3.8) is 0 Å². The van der Waals surface area contributed by atoms with Crippen LogP contribution in [-0.2, 0) is 17.9 Å². The lowest BCUT2D eigenvalue weighted by molar-refractivity contribution is -0.135. The van der Waals surface area contributed by atoms with Gasteiger partial charge in [0.2, 0.25) is 0 Å². The summed E-state index contributed by atoms with van der Waals surface area (Å²) in [6.45, 7) is 4.57. The predicted molar refractivity (Wildman–Crippen MR) is 136 cm³/mol. The fraction of sp³-hybridized carbons (Fsp3) is 0.286. The molecule has 0 unspecified atom stereocenters. The third kappa shape index (κ3) is 5.46. The number of rotatable bonds is 8. The van der Waals surface area contributed by atoms with Gasteiger partial charge in [0, 0.05) is 32.7 Å². The summed E-state index contributed by atoms with van der Waals surface area (Å²) in [6, 6.07) is 26.1. The second-order valence-electron chi connectivity index (χ2n) is 8.71. The average Bonchev–Trinajstić information content (AvgIpc) is 3.25. The van der Waals surface area contributed by atoms with Crippen LogP contribution in [0.4, 0.5) is 0 Å². The number of amides is 1. The van der Waals surface area contributed by atoms with Gasteiger partial charge in [-0.25, -0.2) is 4.98 Å². The number of methoxy groups -OCH3 is 1. The lowest BCUT2D eigenvalue weighted by atomic mass is 10.2. The number of piperazine rings is 1. The molecule has 7 nitrogen and oxygen atoms in total. The van der Waals surface area contributed by atoms with E-state index in [1.54, 1.807) is 7.11 Å². The molecule has 1 aromatic heterocycles. The monoisotopic (exact) mass is 470 g/mol. The molecule has 1 aliphatic heterocycles. The van der Waals surface area contributed by atoms with Gasteiger partial charge in [-0.2, -0.15) is 0 Å². The van der Waals surface area contributed by atoms with Crippen molar-refractivity contribution in [1.82, 2.24) is 19.4 Å². The third-order valence-corrected chi connectivity index (χ3v) is 6.43. The summed E-state index contributed by atoms with van der Waals surface area (Å²) in [7, 11) is 1.62. The number of hydrogen-bond donors (Lipinski definition) is 0. The molecule has 2 heterocycles. The van der Waals surface area contributed by atoms with Crippen LogP contribution in [0, 0.1) is 0 Å². The summed E-state index contributed by atoms with van der Waals surface area (Å²) < 4.78 is 13.1. The van der Waals surface area contributed by atoms with Crippen LogP contribution in [0.3, 0.4) is 0 Å². The Hall–Kier alpha value is -3.84. The molecule has 0 atom stereocenters. The number of imidazole rings is 1. The minimum absolute atomic E-state index is 0.0109. The molecule has 1 saturated heterocycles. The Morgan fingerprint density at radius 2 is 1.51 bits per heavy atom. The van der Waals surface area contributed by atoms with Gasteiger partial charge in [-0.05, 0) is 42.0 Å². The maximum atomic E-state index is 12.7. The van der Waals surface area contributed by atoms with Crippen molar-refractivity contribution in [2.24, 2.45) is 0 Å². The maximum Gasteiger partial charge on any atom is 0.260 e. The zero-order chi connectivity index (χ0) is 24.0. The van der Waals surface area contributed by atoms with Crippen molar-refractivity contribution in [2.45, 2.75) is 13.1 Å². The van der Waals surface area contributed by atoms with Gasteiger partial charge in [-0.3, -0.25) is 9.69 Å². The maximum absolute atomic E-state index is 12.7. The Kier molecular flexibility index (Phi) is 6.95. The van der Waals surface area contributed by atoms with E-state index < -0.39 is 0 Å². The lowest BCUT2D eigenvalue weighted by Gasteiger charge is -2.34. The summed E-state index contributed by atoms with van der Waals surface area (Å²) in [5, 5.41) is 0. The molecule has 0 spiro atoms. The molecule has 0 radical (unpaired) electrons. The van der Waals surface area contributed by atoms with Crippen LogP contribution in [0.2, 0.25) is 0 Å². The standard InChI is InChI=1S/C28H30N4O3/c1-34-23-11-13-24(14-12-23)35-21-28(33)31-17-15-30(16-18-31)20-27-29-25-9-5-6-10-26(25)32(27)19-22-7-3-2-4-8-22/h2-14H,15-21H2,1H3. The van der Waals surface area contributed by atoms with Crippen LogP contribution >= 0.6 is 0 Å². The van der Waals surface area contributed by atoms with Crippen molar-refractivity contribution in [3.05, 3.63) is 90.3 Å². The van der Waals surface area contributed by atoms with Gasteiger partial charge in [-0.15, -0.1) is 0 Å². The molecule has 0 saturated carbocycles. The Labute approximate surface area is 205 Å². The van der Waals surface area contributed by atoms with Crippen LogP contribution in [-0.4, -0.2) is 65.2 Å². The molecule has 1 fully saturated rings. The molecule has 0 bridgehead atoms. The Bertz CT molecular complexity index is 1260. The SMILES string of the molecule is COc1ccc(OCC(=O)N2CCN(Cc3nc4ccccc4n3Cc3ccccc3)CC2)cc1. The van der Waals surface area contributed by atoms with Crippen molar-refractivity contribution in [2.75, 3.05) is 39.9 Å². The van der Waals surface area contributed by atoms with Crippen LogP contribution < -0.4 is 9.47 Å². The van der Waals surface area contributed by atoms with Crippen molar-refractivity contribution in [1.29, 1.82) is 0 Å². The van der Waals surface area contributed by atoms with E-state index in [9.17, 15) is 4.79 Å². The predicted octanol–water partition coefficient (Wildman–Crippen LogP) is 3.82. The highest BCUT2D eigenvalue weighted by Crippen LogP contribution is 2.20. The van der Waals surface area contributed by atoms with Crippen molar-refractivity contribution >= 4 is 16.9 Å². The number of aromatic nitrogens is 2. The molecule has 7 heteroatoms. The molecular formula is C28H30N4O3. The quantitative estimate of drug-likeness (QED) is 0.392. The fourth-order valence-corrected chi connectivity index (χ4v) is 4.45. The Morgan fingerprint density at radius 1 is 0.829 bits per heavy atom. The molecule has 1 aliphatic rings. The molecule has 5 rings (SSSR count). The number of benzene rings is 3. The zero-order valence-electron chi connectivity index (χ0n) is 20.0. The summed E-state index contributed by atoms with van der Waals surface area (Å²) in [4.78, 5) is 21.9. The van der Waals surface area contributed by atoms with Gasteiger partial charge >= 0.3 is 0 Å². The first-order valence-electron chi connectivity index (χ1n) is 11.9. The Balaban J connectivity index is 1.19. The molecule has 1 amide bonds. The van der Waals surface area contributed by atoms with E-state index in [0.717, 1.165) is 48.8 Å². The molecule has 180 valence electrons. The molecule has 35 heavy (non-hydrogen) atoms. The number of carbonyl (C=O) groups is 1. The smallest absolute Gasteiger partial charge is 0.260 e. The highest BCUT2D eigenvalue weighted by molar-refractivity contribution is 5.78. The largest absolute Gasteiger partial charge is 0.497 e. The summed E-state index contributed by atoms with van der Waals surface area (Å²) in [5.74, 6) is 2.49. The van der Waals surface area contributed by atoms with Gasteiger partial charge < -0.3 is 18.9 Å². The zero-order valence-corrected chi connectivity index (χ0v) is 20.0. The molecular weight excluding hydrogens is 440 g/mol. The van der Waals surface area contributed by atoms with E-state index in [4.69, 9.17) is 14.5 Å². The second-order valence-corrected chi connectivity index (χ2v) is 8.71. The van der Waals surface area contributed by atoms with E-state index in [1.807, 2.05) is 41.3 Å². The molecule has 0 N–H and O–H groups in total. The van der Waals surface area contributed by atoms with E-state index in [1.165, 1.54) is 5.56 Å². The number of nitrogens with zero attached hydrogens (tertiary/aromatic N) is 4. The summed E-state index contributed by atoms with van der Waals surface area (Å²) in [5.41, 5.74) is 3.42. The third-order valence-electron chi connectivity index (χ3n) is 6.43. The van der Waals surface area contributed by atoms with Gasteiger partial charge in [0.15, 0.2) is 6.61 Å². The van der Waals surface area contributed by atoms with Crippen LogP contribution in [0.5, 0.6) is 11.5 Å². The summed E-state index contributed by atoms with van der Waals surface area (Å²) >= 11 is 0. The van der Waals surface area contributed by atoms with Crippen molar-refractivity contribution in [3.8, 4) is 11.5 Å². The van der Waals surface area contributed by atoms with Gasteiger partial charge in [0.1, 0.15) is 17.3 Å². The second kappa shape index (κ2) is 10.6. The van der Waals surface area contributed by atoms with Crippen LogP contribution in [0.25, 0.3) is 11.0 Å².